The lowest BCUT2D eigenvalue weighted by Crippen LogP contribution is -2.37. The van der Waals surface area contributed by atoms with Crippen molar-refractivity contribution in [3.8, 4) is 0 Å². The zero-order chi connectivity index (χ0) is 46.6. The molecule has 0 fully saturated rings. The number of furan rings is 2. The molecule has 11 rings (SSSR count). The van der Waals surface area contributed by atoms with Crippen molar-refractivity contribution in [3.05, 3.63) is 175 Å². The quantitative estimate of drug-likeness (QED) is 0.135. The smallest absolute Gasteiger partial charge is 0.143 e. The van der Waals surface area contributed by atoms with Crippen molar-refractivity contribution in [2.45, 2.75) is 65.8 Å². The van der Waals surface area contributed by atoms with Gasteiger partial charge >= 0.3 is 0 Å². The number of nitrogens with zero attached hydrogens (tertiary/aromatic N) is 2. The summed E-state index contributed by atoms with van der Waals surface area (Å²) in [7, 11) is -4.37. The Morgan fingerprint density at radius 2 is 0.612 bits per heavy atom. The highest BCUT2D eigenvalue weighted by molar-refractivity contribution is 6.89. The second-order valence-electron chi connectivity index (χ2n) is 21.6. The highest BCUT2D eigenvalue weighted by Crippen LogP contribution is 2.45. The van der Waals surface area contributed by atoms with Gasteiger partial charge in [0, 0.05) is 66.4 Å². The zero-order valence-electron chi connectivity index (χ0n) is 40.4. The number of fused-ring (bicyclic) bond motifs is 11. The summed E-state index contributed by atoms with van der Waals surface area (Å²) in [6.45, 7) is 23.8. The topological polar surface area (TPSA) is 32.8 Å². The standard InChI is InChI=1S/C60H58N2O2Si3/c1-39-11-15-42(16-12-39)61(43-17-25-48(26-18-43)65(2,3)4)46-23-33-51-40(37-46)13-31-53-57-55(63-59(51)53)35-36-56-58(57)54-32-14-41-38-47(24-34-52(41)60(54)64-56)62(44-19-27-49(28-20-44)66(5,6)7)45-21-29-50(30-22-45)67(8,9)10/h11-38H,1-10H3. The Morgan fingerprint density at radius 3 is 0.940 bits per heavy atom. The van der Waals surface area contributed by atoms with Crippen molar-refractivity contribution in [2.24, 2.45) is 0 Å². The van der Waals surface area contributed by atoms with E-state index >= 15 is 0 Å². The van der Waals surface area contributed by atoms with E-state index in [1.807, 2.05) is 0 Å². The lowest BCUT2D eigenvalue weighted by Gasteiger charge is -2.28. The predicted molar refractivity (Wildman–Crippen MR) is 299 cm³/mol. The molecule has 0 N–H and O–H groups in total. The molecule has 2 heterocycles. The van der Waals surface area contributed by atoms with Gasteiger partial charge in [0.05, 0.1) is 24.2 Å². The van der Waals surface area contributed by atoms with Crippen LogP contribution in [0, 0.1) is 6.92 Å². The summed E-state index contributed by atoms with van der Waals surface area (Å²) in [6.07, 6.45) is 0. The summed E-state index contributed by atoms with van der Waals surface area (Å²) in [5, 5.41) is 13.2. The van der Waals surface area contributed by atoms with Crippen LogP contribution in [0.5, 0.6) is 0 Å². The third-order valence-corrected chi connectivity index (χ3v) is 20.0. The summed E-state index contributed by atoms with van der Waals surface area (Å²) in [4.78, 5) is 4.75. The van der Waals surface area contributed by atoms with E-state index < -0.39 is 24.2 Å². The van der Waals surface area contributed by atoms with Crippen LogP contribution in [0.3, 0.4) is 0 Å². The molecular weight excluding hydrogens is 865 g/mol. The monoisotopic (exact) mass is 922 g/mol. The number of anilines is 6. The molecule has 67 heavy (non-hydrogen) atoms. The first-order valence-corrected chi connectivity index (χ1v) is 34.2. The molecule has 7 heteroatoms. The van der Waals surface area contributed by atoms with E-state index in [0.29, 0.717) is 0 Å². The predicted octanol–water partition coefficient (Wildman–Crippen LogP) is 16.7. The maximum atomic E-state index is 6.85. The van der Waals surface area contributed by atoms with Crippen molar-refractivity contribution in [1.82, 2.24) is 0 Å². The number of aryl methyl sites for hydroxylation is 1. The highest BCUT2D eigenvalue weighted by Gasteiger charge is 2.24. The van der Waals surface area contributed by atoms with E-state index in [4.69, 9.17) is 8.83 Å². The average Bonchev–Trinajstić information content (AvgIpc) is 3.88. The minimum atomic E-state index is -1.46. The average molecular weight is 923 g/mol. The molecule has 0 saturated carbocycles. The van der Waals surface area contributed by atoms with Crippen LogP contribution in [0.2, 0.25) is 58.9 Å². The van der Waals surface area contributed by atoms with Gasteiger partial charge in [-0.25, -0.2) is 0 Å². The van der Waals surface area contributed by atoms with Gasteiger partial charge in [0.1, 0.15) is 22.3 Å². The van der Waals surface area contributed by atoms with Crippen molar-refractivity contribution in [3.63, 3.8) is 0 Å². The van der Waals surface area contributed by atoms with E-state index in [0.717, 1.165) is 99.5 Å². The van der Waals surface area contributed by atoms with E-state index in [1.54, 1.807) is 0 Å². The lowest BCUT2D eigenvalue weighted by atomic mass is 10.0. The summed E-state index contributed by atoms with van der Waals surface area (Å²) in [5.41, 5.74) is 11.5. The van der Waals surface area contributed by atoms with E-state index in [2.05, 4.69) is 246 Å². The van der Waals surface area contributed by atoms with Crippen molar-refractivity contribution >= 4 is 139 Å². The number of hydrogen-bond acceptors (Lipinski definition) is 4. The third kappa shape index (κ3) is 7.59. The van der Waals surface area contributed by atoms with Gasteiger partial charge in [-0.1, -0.05) is 141 Å². The Bertz CT molecular complexity index is 3620. The highest BCUT2D eigenvalue weighted by atomic mass is 28.3. The Labute approximate surface area is 397 Å². The first-order chi connectivity index (χ1) is 32.0. The van der Waals surface area contributed by atoms with Crippen molar-refractivity contribution in [1.29, 1.82) is 0 Å². The fourth-order valence-electron chi connectivity index (χ4n) is 9.88. The third-order valence-electron chi connectivity index (χ3n) is 13.8. The van der Waals surface area contributed by atoms with Gasteiger partial charge in [0.2, 0.25) is 0 Å². The van der Waals surface area contributed by atoms with Crippen LogP contribution in [0.4, 0.5) is 34.1 Å². The number of hydrogen-bond donors (Lipinski definition) is 0. The van der Waals surface area contributed by atoms with Gasteiger partial charge in [0.15, 0.2) is 0 Å². The Morgan fingerprint density at radius 1 is 0.313 bits per heavy atom. The number of benzene rings is 9. The van der Waals surface area contributed by atoms with Crippen molar-refractivity contribution in [2.75, 3.05) is 9.80 Å². The van der Waals surface area contributed by atoms with Gasteiger partial charge in [-0.3, -0.25) is 0 Å². The normalized spacial score (nSPS) is 12.6. The van der Waals surface area contributed by atoms with Crippen LogP contribution in [0.25, 0.3) is 65.4 Å². The van der Waals surface area contributed by atoms with Crippen LogP contribution >= 0.6 is 0 Å². The van der Waals surface area contributed by atoms with Crippen LogP contribution in [-0.2, 0) is 0 Å². The van der Waals surface area contributed by atoms with Gasteiger partial charge in [0.25, 0.3) is 0 Å². The first kappa shape index (κ1) is 43.0. The molecule has 0 atom stereocenters. The van der Waals surface area contributed by atoms with E-state index in [1.165, 1.54) is 21.1 Å². The second kappa shape index (κ2) is 15.7. The van der Waals surface area contributed by atoms with Crippen LogP contribution in [-0.4, -0.2) is 24.2 Å². The summed E-state index contributed by atoms with van der Waals surface area (Å²) in [5.74, 6) is 0. The first-order valence-electron chi connectivity index (χ1n) is 23.7. The van der Waals surface area contributed by atoms with Crippen LogP contribution in [0.15, 0.2) is 179 Å². The molecule has 0 bridgehead atoms. The molecule has 0 aliphatic carbocycles. The lowest BCUT2D eigenvalue weighted by molar-refractivity contribution is 0.666. The van der Waals surface area contributed by atoms with Crippen LogP contribution < -0.4 is 25.4 Å². The SMILES string of the molecule is Cc1ccc(N(c2ccc([Si](C)(C)C)cc2)c2ccc3c(ccc4c3oc3ccc5oc6c7ccc(N(c8ccc([Si](C)(C)C)cc8)c8ccc([Si](C)(C)C)cc8)cc7ccc6c5c34)c2)cc1. The molecule has 4 nitrogen and oxygen atoms in total. The molecule has 9 aromatic carbocycles. The minimum Gasteiger partial charge on any atom is -0.455 e. The maximum absolute atomic E-state index is 6.85. The minimum absolute atomic E-state index is 0.858. The van der Waals surface area contributed by atoms with Gasteiger partial charge < -0.3 is 18.6 Å². The Hall–Kier alpha value is -6.65. The molecule has 0 spiro atoms. The molecule has 0 saturated heterocycles. The summed E-state index contributed by atoms with van der Waals surface area (Å²) >= 11 is 0. The largest absolute Gasteiger partial charge is 0.455 e. The Kier molecular flexibility index (Phi) is 10.1. The zero-order valence-corrected chi connectivity index (χ0v) is 43.4. The molecule has 0 aliphatic rings. The fraction of sp³-hybridized carbons (Fsp3) is 0.167. The molecular formula is C60H58N2O2Si3. The summed E-state index contributed by atoms with van der Waals surface area (Å²) < 4.78 is 13.7. The maximum Gasteiger partial charge on any atom is 0.143 e. The molecule has 11 aromatic rings. The van der Waals surface area contributed by atoms with Gasteiger partial charge in [-0.05, 0) is 127 Å². The van der Waals surface area contributed by atoms with E-state index in [9.17, 15) is 0 Å². The molecule has 332 valence electrons. The molecule has 0 amide bonds. The van der Waals surface area contributed by atoms with E-state index in [-0.39, 0.29) is 0 Å². The van der Waals surface area contributed by atoms with Gasteiger partial charge in [-0.2, -0.15) is 0 Å². The van der Waals surface area contributed by atoms with Crippen LogP contribution in [0.1, 0.15) is 5.56 Å². The van der Waals surface area contributed by atoms with Crippen molar-refractivity contribution < 1.29 is 8.83 Å². The number of rotatable bonds is 9. The molecule has 0 radical (unpaired) electrons. The molecule has 0 unspecified atom stereocenters. The molecule has 2 aromatic heterocycles. The van der Waals surface area contributed by atoms with Gasteiger partial charge in [-0.15, -0.1) is 0 Å². The Balaban J connectivity index is 1.01. The summed E-state index contributed by atoms with van der Waals surface area (Å²) in [6, 6.07) is 63.2. The fourth-order valence-corrected chi connectivity index (χ4v) is 13.4. The second-order valence-corrected chi connectivity index (χ2v) is 36.8. The molecule has 0 aliphatic heterocycles.